The molecular weight excluding hydrogens is 305 g/mol. The average molecular weight is 317 g/mol. The lowest BCUT2D eigenvalue weighted by Crippen LogP contribution is -2.02. The van der Waals surface area contributed by atoms with E-state index >= 15 is 0 Å². The zero-order valence-electron chi connectivity index (χ0n) is 10.8. The number of aromatic nitrogens is 2. The van der Waals surface area contributed by atoms with E-state index in [0.29, 0.717) is 33.7 Å². The molecule has 1 aromatic heterocycles. The molecule has 0 amide bonds. The number of nitrogens with zero attached hydrogens (tertiary/aromatic N) is 2. The molecule has 0 saturated heterocycles. The largest absolute Gasteiger partial charge is 0.220 e. The van der Waals surface area contributed by atoms with Crippen LogP contribution in [0.15, 0.2) is 18.2 Å². The lowest BCUT2D eigenvalue weighted by Gasteiger charge is -2.07. The van der Waals surface area contributed by atoms with Crippen LogP contribution in [-0.4, -0.2) is 9.97 Å². The molecule has 106 valence electrons. The van der Waals surface area contributed by atoms with E-state index in [1.54, 1.807) is 0 Å². The Balaban J connectivity index is 2.30. The first-order valence-electron chi connectivity index (χ1n) is 6.15. The summed E-state index contributed by atoms with van der Waals surface area (Å²) in [6.07, 6.45) is 1.73. The van der Waals surface area contributed by atoms with Gasteiger partial charge in [0.1, 0.15) is 27.8 Å². The average Bonchev–Trinajstić information content (AvgIpc) is 2.32. The normalized spacial score (nSPS) is 10.8. The summed E-state index contributed by atoms with van der Waals surface area (Å²) >= 11 is 12.1. The Bertz CT molecular complexity index is 589. The molecule has 0 aliphatic rings. The molecule has 20 heavy (non-hydrogen) atoms. The lowest BCUT2D eigenvalue weighted by atomic mass is 10.1. The van der Waals surface area contributed by atoms with Crippen LogP contribution in [0.1, 0.15) is 30.3 Å². The predicted molar refractivity (Wildman–Crippen MR) is 75.2 cm³/mol. The molecule has 0 radical (unpaired) electrons. The molecule has 0 aliphatic heterocycles. The Morgan fingerprint density at radius 3 is 2.05 bits per heavy atom. The highest BCUT2D eigenvalue weighted by Crippen LogP contribution is 2.23. The van der Waals surface area contributed by atoms with Gasteiger partial charge in [0.15, 0.2) is 0 Å². The maximum Gasteiger partial charge on any atom is 0.137 e. The van der Waals surface area contributed by atoms with Crippen molar-refractivity contribution in [1.82, 2.24) is 9.97 Å². The van der Waals surface area contributed by atoms with Crippen LogP contribution in [0.3, 0.4) is 0 Å². The minimum atomic E-state index is -0.639. The molecule has 0 bridgehead atoms. The molecule has 2 nitrogen and oxygen atoms in total. The highest BCUT2D eigenvalue weighted by molar-refractivity contribution is 6.34. The minimum Gasteiger partial charge on any atom is -0.220 e. The first kappa shape index (κ1) is 15.1. The number of rotatable bonds is 4. The van der Waals surface area contributed by atoms with Gasteiger partial charge in [-0.3, -0.25) is 0 Å². The van der Waals surface area contributed by atoms with Crippen LogP contribution in [0.5, 0.6) is 0 Å². The zero-order valence-corrected chi connectivity index (χ0v) is 12.3. The van der Waals surface area contributed by atoms with Crippen LogP contribution >= 0.6 is 23.2 Å². The van der Waals surface area contributed by atoms with E-state index in [9.17, 15) is 8.78 Å². The molecule has 0 fully saturated rings. The number of hydrogen-bond donors (Lipinski definition) is 0. The van der Waals surface area contributed by atoms with Crippen molar-refractivity contribution in [3.8, 4) is 0 Å². The second-order valence-electron chi connectivity index (χ2n) is 4.40. The summed E-state index contributed by atoms with van der Waals surface area (Å²) in [4.78, 5) is 8.26. The standard InChI is InChI=1S/C14H12Cl2F2N2/c1-2-3-11-13(15)19-12(20-14(11)16)6-8-4-9(17)7-10(18)5-8/h4-5,7H,2-3,6H2,1H3. The van der Waals surface area contributed by atoms with E-state index in [4.69, 9.17) is 23.2 Å². The topological polar surface area (TPSA) is 25.8 Å². The van der Waals surface area contributed by atoms with Crippen LogP contribution in [0, 0.1) is 11.6 Å². The summed E-state index contributed by atoms with van der Waals surface area (Å²) in [7, 11) is 0. The molecule has 1 heterocycles. The van der Waals surface area contributed by atoms with E-state index in [1.807, 2.05) is 6.92 Å². The molecule has 2 rings (SSSR count). The maximum atomic E-state index is 13.1. The summed E-state index contributed by atoms with van der Waals surface area (Å²) in [5, 5.41) is 0.581. The molecule has 2 aromatic rings. The molecule has 0 saturated carbocycles. The van der Waals surface area contributed by atoms with Crippen LogP contribution < -0.4 is 0 Å². The van der Waals surface area contributed by atoms with Gasteiger partial charge >= 0.3 is 0 Å². The zero-order chi connectivity index (χ0) is 14.7. The Labute approximate surface area is 125 Å². The first-order chi connectivity index (χ1) is 9.49. The van der Waals surface area contributed by atoms with Gasteiger partial charge in [-0.15, -0.1) is 0 Å². The van der Waals surface area contributed by atoms with Crippen LogP contribution in [0.25, 0.3) is 0 Å². The lowest BCUT2D eigenvalue weighted by molar-refractivity contribution is 0.580. The van der Waals surface area contributed by atoms with Crippen molar-refractivity contribution >= 4 is 23.2 Å². The van der Waals surface area contributed by atoms with Gasteiger partial charge in [-0.25, -0.2) is 18.7 Å². The van der Waals surface area contributed by atoms with Crippen LogP contribution in [-0.2, 0) is 12.8 Å². The van der Waals surface area contributed by atoms with Crippen LogP contribution in [0.2, 0.25) is 10.3 Å². The fourth-order valence-electron chi connectivity index (χ4n) is 1.90. The third kappa shape index (κ3) is 3.64. The van der Waals surface area contributed by atoms with E-state index in [-0.39, 0.29) is 6.42 Å². The summed E-state index contributed by atoms with van der Waals surface area (Å²) in [5.74, 6) is -0.940. The molecule has 0 spiro atoms. The van der Waals surface area contributed by atoms with E-state index < -0.39 is 11.6 Å². The third-order valence-corrected chi connectivity index (χ3v) is 3.36. The Morgan fingerprint density at radius 1 is 1.00 bits per heavy atom. The van der Waals surface area contributed by atoms with Gasteiger partial charge in [0, 0.05) is 18.1 Å². The van der Waals surface area contributed by atoms with Crippen LogP contribution in [0.4, 0.5) is 8.78 Å². The predicted octanol–water partition coefficient (Wildman–Crippen LogP) is 4.60. The fourth-order valence-corrected chi connectivity index (χ4v) is 2.51. The summed E-state index contributed by atoms with van der Waals surface area (Å²) in [6, 6.07) is 3.27. The van der Waals surface area contributed by atoms with Crippen molar-refractivity contribution in [1.29, 1.82) is 0 Å². The molecule has 0 unspecified atom stereocenters. The summed E-state index contributed by atoms with van der Waals surface area (Å²) < 4.78 is 26.2. The van der Waals surface area contributed by atoms with E-state index in [2.05, 4.69) is 9.97 Å². The molecular formula is C14H12Cl2F2N2. The van der Waals surface area contributed by atoms with Gasteiger partial charge in [0.2, 0.25) is 0 Å². The third-order valence-electron chi connectivity index (χ3n) is 2.74. The maximum absolute atomic E-state index is 13.1. The van der Waals surface area contributed by atoms with Crippen molar-refractivity contribution in [3.05, 3.63) is 57.1 Å². The highest BCUT2D eigenvalue weighted by atomic mass is 35.5. The van der Waals surface area contributed by atoms with E-state index in [1.165, 1.54) is 12.1 Å². The van der Waals surface area contributed by atoms with Gasteiger partial charge in [0.25, 0.3) is 0 Å². The second kappa shape index (κ2) is 6.46. The minimum absolute atomic E-state index is 0.167. The summed E-state index contributed by atoms with van der Waals surface area (Å²) in [5.41, 5.74) is 1.13. The Kier molecular flexibility index (Phi) is 4.89. The van der Waals surface area contributed by atoms with Gasteiger partial charge in [-0.2, -0.15) is 0 Å². The smallest absolute Gasteiger partial charge is 0.137 e. The molecule has 1 aromatic carbocycles. The summed E-state index contributed by atoms with van der Waals surface area (Å²) in [6.45, 7) is 2.00. The molecule has 6 heteroatoms. The quantitative estimate of drug-likeness (QED) is 0.770. The fraction of sp³-hybridized carbons (Fsp3) is 0.286. The van der Waals surface area contributed by atoms with Gasteiger partial charge in [0.05, 0.1) is 0 Å². The Hall–Kier alpha value is -1.26. The Morgan fingerprint density at radius 2 is 1.55 bits per heavy atom. The number of benzene rings is 1. The molecule has 0 atom stereocenters. The van der Waals surface area contributed by atoms with Crippen molar-refractivity contribution < 1.29 is 8.78 Å². The first-order valence-corrected chi connectivity index (χ1v) is 6.91. The van der Waals surface area contributed by atoms with Crippen molar-refractivity contribution in [2.45, 2.75) is 26.2 Å². The van der Waals surface area contributed by atoms with Crippen molar-refractivity contribution in [2.75, 3.05) is 0 Å². The SMILES string of the molecule is CCCc1c(Cl)nc(Cc2cc(F)cc(F)c2)nc1Cl. The number of hydrogen-bond acceptors (Lipinski definition) is 2. The van der Waals surface area contributed by atoms with Gasteiger partial charge < -0.3 is 0 Å². The number of halogens is 4. The van der Waals surface area contributed by atoms with Crippen molar-refractivity contribution in [3.63, 3.8) is 0 Å². The van der Waals surface area contributed by atoms with Gasteiger partial charge in [-0.1, -0.05) is 36.5 Å². The molecule has 0 N–H and O–H groups in total. The van der Waals surface area contributed by atoms with Crippen molar-refractivity contribution in [2.24, 2.45) is 0 Å². The molecule has 0 aliphatic carbocycles. The highest BCUT2D eigenvalue weighted by Gasteiger charge is 2.12. The second-order valence-corrected chi connectivity index (χ2v) is 5.12. The monoisotopic (exact) mass is 316 g/mol. The van der Waals surface area contributed by atoms with Gasteiger partial charge in [-0.05, 0) is 24.1 Å². The van der Waals surface area contributed by atoms with E-state index in [0.717, 1.165) is 12.5 Å².